The molecule has 2 aromatic rings. The van der Waals surface area contributed by atoms with Crippen LogP contribution >= 0.6 is 0 Å². The van der Waals surface area contributed by atoms with Crippen LogP contribution in [0.4, 0.5) is 25.8 Å². The minimum absolute atomic E-state index is 0.0144. The molecule has 2 heterocycles. The first-order valence-electron chi connectivity index (χ1n) is 9.94. The van der Waals surface area contributed by atoms with Crippen molar-refractivity contribution in [3.63, 3.8) is 0 Å². The lowest BCUT2D eigenvalue weighted by Gasteiger charge is -2.20. The molecule has 7 nitrogen and oxygen atoms in total. The van der Waals surface area contributed by atoms with E-state index in [2.05, 4.69) is 5.32 Å². The number of carbonyl (C=O) groups is 3. The van der Waals surface area contributed by atoms with Gasteiger partial charge in [0.2, 0.25) is 17.7 Å². The number of nitrogens with one attached hydrogen (secondary N) is 1. The zero-order chi connectivity index (χ0) is 22.1. The Morgan fingerprint density at radius 1 is 1.06 bits per heavy atom. The van der Waals surface area contributed by atoms with E-state index in [4.69, 9.17) is 4.74 Å². The number of anilines is 3. The lowest BCUT2D eigenvalue weighted by atomic mass is 10.1. The summed E-state index contributed by atoms with van der Waals surface area (Å²) in [5, 5.41) is 2.69. The molecule has 2 aliphatic heterocycles. The van der Waals surface area contributed by atoms with Crippen LogP contribution < -0.4 is 19.9 Å². The highest BCUT2D eigenvalue weighted by atomic mass is 19.1. The number of ether oxygens (including phenoxy) is 1. The molecule has 0 bridgehead atoms. The van der Waals surface area contributed by atoms with Crippen molar-refractivity contribution in [2.24, 2.45) is 5.92 Å². The van der Waals surface area contributed by atoms with Crippen LogP contribution in [0.25, 0.3) is 0 Å². The van der Waals surface area contributed by atoms with Crippen LogP contribution in [0.15, 0.2) is 36.4 Å². The highest BCUT2D eigenvalue weighted by Gasteiger charge is 2.38. The van der Waals surface area contributed by atoms with E-state index < -0.39 is 29.4 Å². The van der Waals surface area contributed by atoms with Gasteiger partial charge in [0.15, 0.2) is 0 Å². The highest BCUT2D eigenvalue weighted by Crippen LogP contribution is 2.34. The number of hydrogen-bond donors (Lipinski definition) is 1. The lowest BCUT2D eigenvalue weighted by molar-refractivity contribution is -0.129. The van der Waals surface area contributed by atoms with Gasteiger partial charge in [0.1, 0.15) is 23.3 Å². The first-order valence-corrected chi connectivity index (χ1v) is 9.94. The van der Waals surface area contributed by atoms with Crippen LogP contribution in [-0.2, 0) is 14.4 Å². The third kappa shape index (κ3) is 4.08. The number of benzene rings is 2. The second-order valence-corrected chi connectivity index (χ2v) is 7.48. The topological polar surface area (TPSA) is 79.0 Å². The molecule has 2 aliphatic rings. The smallest absolute Gasteiger partial charge is 0.239 e. The number of hydrogen-bond acceptors (Lipinski definition) is 4. The van der Waals surface area contributed by atoms with E-state index in [-0.39, 0.29) is 24.6 Å². The largest absolute Gasteiger partial charge is 0.494 e. The first-order chi connectivity index (χ1) is 14.9. The fourth-order valence-corrected chi connectivity index (χ4v) is 3.99. The van der Waals surface area contributed by atoms with Gasteiger partial charge in [-0.3, -0.25) is 14.4 Å². The molecule has 9 heteroatoms. The molecule has 2 saturated heterocycles. The monoisotopic (exact) mass is 429 g/mol. The molecule has 0 aliphatic carbocycles. The Balaban J connectivity index is 1.48. The van der Waals surface area contributed by atoms with Gasteiger partial charge in [-0.2, -0.15) is 0 Å². The van der Waals surface area contributed by atoms with Gasteiger partial charge in [-0.1, -0.05) is 0 Å². The van der Waals surface area contributed by atoms with Crippen molar-refractivity contribution in [2.75, 3.05) is 35.3 Å². The minimum atomic E-state index is -0.975. The fraction of sp³-hybridized carbons (Fsp3) is 0.318. The Bertz CT molecular complexity index is 1040. The number of nitrogens with zero attached hydrogens (tertiary/aromatic N) is 2. The van der Waals surface area contributed by atoms with E-state index in [1.807, 2.05) is 0 Å². The van der Waals surface area contributed by atoms with Gasteiger partial charge in [0, 0.05) is 43.0 Å². The van der Waals surface area contributed by atoms with E-state index >= 15 is 0 Å². The molecular formula is C22H21F2N3O4. The molecule has 0 spiro atoms. The molecule has 1 N–H and O–H groups in total. The van der Waals surface area contributed by atoms with Crippen LogP contribution in [0.1, 0.15) is 19.3 Å². The lowest BCUT2D eigenvalue weighted by Crippen LogP contribution is -2.33. The molecule has 0 aromatic heterocycles. The van der Waals surface area contributed by atoms with Gasteiger partial charge in [0.05, 0.1) is 12.8 Å². The van der Waals surface area contributed by atoms with Crippen molar-refractivity contribution in [3.8, 4) is 5.75 Å². The normalized spacial score (nSPS) is 18.6. The molecule has 1 unspecified atom stereocenters. The third-order valence-corrected chi connectivity index (χ3v) is 5.49. The Hall–Kier alpha value is -3.49. The molecule has 4 rings (SSSR count). The van der Waals surface area contributed by atoms with E-state index in [9.17, 15) is 23.2 Å². The van der Waals surface area contributed by atoms with Crippen molar-refractivity contribution in [2.45, 2.75) is 19.3 Å². The number of carbonyl (C=O) groups excluding carboxylic acids is 3. The average molecular weight is 429 g/mol. The number of methoxy groups -OCH3 is 1. The second-order valence-electron chi connectivity index (χ2n) is 7.48. The highest BCUT2D eigenvalue weighted by molar-refractivity contribution is 6.13. The van der Waals surface area contributed by atoms with Crippen molar-refractivity contribution in [1.29, 1.82) is 0 Å². The van der Waals surface area contributed by atoms with Gasteiger partial charge in [0.25, 0.3) is 0 Å². The van der Waals surface area contributed by atoms with Crippen LogP contribution in [0.2, 0.25) is 0 Å². The first kappa shape index (κ1) is 20.8. The number of rotatable bonds is 5. The van der Waals surface area contributed by atoms with Crippen LogP contribution in [0.5, 0.6) is 5.75 Å². The van der Waals surface area contributed by atoms with Crippen LogP contribution in [-0.4, -0.2) is 37.9 Å². The number of amides is 3. The molecule has 2 fully saturated rings. The zero-order valence-electron chi connectivity index (χ0n) is 16.9. The van der Waals surface area contributed by atoms with Crippen molar-refractivity contribution in [1.82, 2.24) is 0 Å². The summed E-state index contributed by atoms with van der Waals surface area (Å²) in [5.74, 6) is -3.15. The summed E-state index contributed by atoms with van der Waals surface area (Å²) < 4.78 is 32.4. The quantitative estimate of drug-likeness (QED) is 0.741. The fourth-order valence-electron chi connectivity index (χ4n) is 3.99. The Morgan fingerprint density at radius 3 is 2.45 bits per heavy atom. The summed E-state index contributed by atoms with van der Waals surface area (Å²) in [4.78, 5) is 40.3. The standard InChI is InChI=1S/C22H21F2N3O4/c1-31-19-12-15(4-5-18(19)27-7-2-3-20(27)28)25-21(29)17-6-8-26(22(17)30)16-10-13(23)9-14(24)11-16/h4-5,9-12,17H,2-3,6-8H2,1H3,(H,25,29). The summed E-state index contributed by atoms with van der Waals surface area (Å²) >= 11 is 0. The Labute approximate surface area is 177 Å². The van der Waals surface area contributed by atoms with Crippen molar-refractivity contribution in [3.05, 3.63) is 48.0 Å². The van der Waals surface area contributed by atoms with E-state index in [0.29, 0.717) is 30.1 Å². The molecule has 31 heavy (non-hydrogen) atoms. The number of halogens is 2. The van der Waals surface area contributed by atoms with Gasteiger partial charge in [-0.25, -0.2) is 8.78 Å². The molecule has 3 amide bonds. The van der Waals surface area contributed by atoms with Crippen molar-refractivity contribution >= 4 is 34.8 Å². The molecule has 1 atom stereocenters. The van der Waals surface area contributed by atoms with E-state index in [0.717, 1.165) is 24.6 Å². The van der Waals surface area contributed by atoms with Crippen LogP contribution in [0, 0.1) is 17.6 Å². The maximum atomic E-state index is 13.5. The van der Waals surface area contributed by atoms with Gasteiger partial charge in [-0.05, 0) is 37.1 Å². The molecule has 2 aromatic carbocycles. The Morgan fingerprint density at radius 2 is 1.81 bits per heavy atom. The average Bonchev–Trinajstić information content (AvgIpc) is 3.32. The predicted molar refractivity (Wildman–Crippen MR) is 110 cm³/mol. The molecule has 0 radical (unpaired) electrons. The van der Waals surface area contributed by atoms with Crippen LogP contribution in [0.3, 0.4) is 0 Å². The molecule has 162 valence electrons. The molecule has 0 saturated carbocycles. The van der Waals surface area contributed by atoms with E-state index in [1.165, 1.54) is 12.0 Å². The van der Waals surface area contributed by atoms with Gasteiger partial charge in [-0.15, -0.1) is 0 Å². The predicted octanol–water partition coefficient (Wildman–Crippen LogP) is 3.09. The third-order valence-electron chi connectivity index (χ3n) is 5.49. The maximum absolute atomic E-state index is 13.5. The molecular weight excluding hydrogens is 408 g/mol. The Kier molecular flexibility index (Phi) is 5.58. The van der Waals surface area contributed by atoms with Crippen molar-refractivity contribution < 1.29 is 27.9 Å². The zero-order valence-corrected chi connectivity index (χ0v) is 16.9. The summed E-state index contributed by atoms with van der Waals surface area (Å²) in [7, 11) is 1.47. The van der Waals surface area contributed by atoms with Gasteiger partial charge < -0.3 is 19.9 Å². The second kappa shape index (κ2) is 8.33. The van der Waals surface area contributed by atoms with E-state index in [1.54, 1.807) is 23.1 Å². The van der Waals surface area contributed by atoms with Gasteiger partial charge >= 0.3 is 0 Å². The minimum Gasteiger partial charge on any atom is -0.494 e. The SMILES string of the molecule is COc1cc(NC(=O)C2CCN(c3cc(F)cc(F)c3)C2=O)ccc1N1CCCC1=O. The maximum Gasteiger partial charge on any atom is 0.239 e. The summed E-state index contributed by atoms with van der Waals surface area (Å²) in [6.07, 6.45) is 1.48. The summed E-state index contributed by atoms with van der Waals surface area (Å²) in [6, 6.07) is 7.77. The summed E-state index contributed by atoms with van der Waals surface area (Å²) in [5.41, 5.74) is 1.12. The summed E-state index contributed by atoms with van der Waals surface area (Å²) in [6.45, 7) is 0.785.